The number of rotatable bonds is 6. The number of hydrogen-bond acceptors (Lipinski definition) is 2. The molecule has 2 nitrogen and oxygen atoms in total. The summed E-state index contributed by atoms with van der Waals surface area (Å²) in [6.45, 7) is 11.4. The molecule has 0 radical (unpaired) electrons. The molecule has 1 aromatic carbocycles. The summed E-state index contributed by atoms with van der Waals surface area (Å²) < 4.78 is 6.45. The average molecular weight is 341 g/mol. The van der Waals surface area contributed by atoms with Gasteiger partial charge in [0.15, 0.2) is 5.78 Å². The molecular formula is C17H25BrO2. The lowest BCUT2D eigenvalue weighted by molar-refractivity contribution is 0.0927. The van der Waals surface area contributed by atoms with Crippen LogP contribution in [0.15, 0.2) is 22.7 Å². The number of Topliss-reactive ketones (excluding diaryl/α,β-unsaturated/α-hetero) is 1. The molecule has 20 heavy (non-hydrogen) atoms. The fraction of sp³-hybridized carbons (Fsp3) is 0.588. The molecule has 0 amide bonds. The van der Waals surface area contributed by atoms with Gasteiger partial charge < -0.3 is 4.74 Å². The Labute approximate surface area is 131 Å². The van der Waals surface area contributed by atoms with Gasteiger partial charge in [0, 0.05) is 12.0 Å². The number of benzene rings is 1. The third kappa shape index (κ3) is 4.93. The highest BCUT2D eigenvalue weighted by atomic mass is 79.9. The summed E-state index contributed by atoms with van der Waals surface area (Å²) in [6.07, 6.45) is 1.54. The normalized spacial score (nSPS) is 13.1. The van der Waals surface area contributed by atoms with Crippen LogP contribution in [-0.4, -0.2) is 12.4 Å². The summed E-state index contributed by atoms with van der Waals surface area (Å²) in [6, 6.07) is 5.59. The van der Waals surface area contributed by atoms with Gasteiger partial charge in [-0.25, -0.2) is 0 Å². The first-order valence-electron chi connectivity index (χ1n) is 7.21. The number of carbonyl (C=O) groups is 1. The number of hydrogen-bond donors (Lipinski definition) is 0. The van der Waals surface area contributed by atoms with Gasteiger partial charge in [-0.1, -0.05) is 34.6 Å². The minimum atomic E-state index is 0.150. The van der Waals surface area contributed by atoms with Gasteiger partial charge in [0.25, 0.3) is 0 Å². The van der Waals surface area contributed by atoms with Crippen molar-refractivity contribution >= 4 is 21.7 Å². The zero-order valence-electron chi connectivity index (χ0n) is 13.1. The Morgan fingerprint density at radius 2 is 2.00 bits per heavy atom. The van der Waals surface area contributed by atoms with Crippen molar-refractivity contribution in [3.63, 3.8) is 0 Å². The van der Waals surface area contributed by atoms with E-state index >= 15 is 0 Å². The first-order chi connectivity index (χ1) is 9.25. The second-order valence-electron chi connectivity index (χ2n) is 6.39. The molecule has 1 unspecified atom stereocenters. The van der Waals surface area contributed by atoms with Gasteiger partial charge in [-0.15, -0.1) is 0 Å². The smallest absolute Gasteiger partial charge is 0.163 e. The molecule has 0 aromatic heterocycles. The quantitative estimate of drug-likeness (QED) is 0.639. The van der Waals surface area contributed by atoms with Crippen LogP contribution < -0.4 is 4.74 Å². The first-order valence-corrected chi connectivity index (χ1v) is 8.00. The minimum absolute atomic E-state index is 0.150. The lowest BCUT2D eigenvalue weighted by Crippen LogP contribution is -2.20. The molecular weight excluding hydrogens is 316 g/mol. The van der Waals surface area contributed by atoms with Crippen LogP contribution in [0.5, 0.6) is 5.75 Å². The second-order valence-corrected chi connectivity index (χ2v) is 7.24. The maximum atomic E-state index is 12.3. The Kier molecular flexibility index (Phi) is 6.25. The van der Waals surface area contributed by atoms with Gasteiger partial charge in [0.05, 0.1) is 11.1 Å². The van der Waals surface area contributed by atoms with Gasteiger partial charge in [0.1, 0.15) is 5.75 Å². The van der Waals surface area contributed by atoms with Crippen molar-refractivity contribution in [1.29, 1.82) is 0 Å². The van der Waals surface area contributed by atoms with Gasteiger partial charge in [-0.05, 0) is 51.9 Å². The van der Waals surface area contributed by atoms with E-state index < -0.39 is 0 Å². The molecule has 0 aliphatic rings. The predicted octanol–water partition coefficient (Wildman–Crippen LogP) is 5.49. The van der Waals surface area contributed by atoms with Crippen molar-refractivity contribution in [3.05, 3.63) is 28.2 Å². The van der Waals surface area contributed by atoms with Crippen LogP contribution >= 0.6 is 15.9 Å². The summed E-state index contributed by atoms with van der Waals surface area (Å²) in [7, 11) is 0. The molecule has 0 aliphatic carbocycles. The zero-order chi connectivity index (χ0) is 15.3. The van der Waals surface area contributed by atoms with Gasteiger partial charge in [0.2, 0.25) is 0 Å². The van der Waals surface area contributed by atoms with Crippen LogP contribution in [-0.2, 0) is 0 Å². The number of halogens is 1. The summed E-state index contributed by atoms with van der Waals surface area (Å²) in [4.78, 5) is 12.3. The fourth-order valence-electron chi connectivity index (χ4n) is 1.71. The monoisotopic (exact) mass is 340 g/mol. The molecule has 1 rings (SSSR count). The summed E-state index contributed by atoms with van der Waals surface area (Å²) >= 11 is 3.47. The maximum Gasteiger partial charge on any atom is 0.163 e. The third-order valence-electron chi connectivity index (χ3n) is 3.69. The van der Waals surface area contributed by atoms with E-state index in [0.29, 0.717) is 18.9 Å². The maximum absolute atomic E-state index is 12.3. The molecule has 0 saturated carbocycles. The standard InChI is InChI=1S/C17H25BrO2/c1-6-9-20-16-8-7-13(11-14(16)18)15(19)10-12(2)17(3,4)5/h7-8,11-12H,6,9-10H2,1-5H3. The molecule has 0 bridgehead atoms. The Balaban J connectivity index is 2.77. The molecule has 0 saturated heterocycles. The lowest BCUT2D eigenvalue weighted by atomic mass is 9.78. The summed E-state index contributed by atoms with van der Waals surface area (Å²) in [5, 5.41) is 0. The van der Waals surface area contributed by atoms with Crippen LogP contribution in [0.3, 0.4) is 0 Å². The molecule has 0 aliphatic heterocycles. The topological polar surface area (TPSA) is 26.3 Å². The Bertz CT molecular complexity index is 461. The number of ketones is 1. The van der Waals surface area contributed by atoms with Crippen molar-refractivity contribution < 1.29 is 9.53 Å². The zero-order valence-corrected chi connectivity index (χ0v) is 14.7. The molecule has 1 atom stereocenters. The number of carbonyl (C=O) groups excluding carboxylic acids is 1. The van der Waals surface area contributed by atoms with E-state index in [1.807, 2.05) is 18.2 Å². The average Bonchev–Trinajstić information content (AvgIpc) is 2.36. The van der Waals surface area contributed by atoms with E-state index in [9.17, 15) is 4.79 Å². The molecule has 0 N–H and O–H groups in total. The summed E-state index contributed by atoms with van der Waals surface area (Å²) in [5.74, 6) is 1.34. The van der Waals surface area contributed by atoms with Crippen LogP contribution in [0.1, 0.15) is 57.8 Å². The van der Waals surface area contributed by atoms with Crippen molar-refractivity contribution in [2.24, 2.45) is 11.3 Å². The van der Waals surface area contributed by atoms with Crippen LogP contribution in [0, 0.1) is 11.3 Å². The predicted molar refractivity (Wildman–Crippen MR) is 87.5 cm³/mol. The fourth-order valence-corrected chi connectivity index (χ4v) is 2.20. The number of ether oxygens (including phenoxy) is 1. The van der Waals surface area contributed by atoms with E-state index in [4.69, 9.17) is 4.74 Å². The molecule has 3 heteroatoms. The molecule has 0 spiro atoms. The van der Waals surface area contributed by atoms with Crippen molar-refractivity contribution in [1.82, 2.24) is 0 Å². The van der Waals surface area contributed by atoms with Crippen LogP contribution in [0.25, 0.3) is 0 Å². The highest BCUT2D eigenvalue weighted by Gasteiger charge is 2.23. The molecule has 112 valence electrons. The van der Waals surface area contributed by atoms with E-state index in [-0.39, 0.29) is 11.2 Å². The van der Waals surface area contributed by atoms with Gasteiger partial charge in [-0.2, -0.15) is 0 Å². The van der Waals surface area contributed by atoms with Crippen LogP contribution in [0.4, 0.5) is 0 Å². The highest BCUT2D eigenvalue weighted by Crippen LogP contribution is 2.31. The SMILES string of the molecule is CCCOc1ccc(C(=O)CC(C)C(C)(C)C)cc1Br. The largest absolute Gasteiger partial charge is 0.492 e. The third-order valence-corrected chi connectivity index (χ3v) is 4.31. The van der Waals surface area contributed by atoms with Crippen molar-refractivity contribution in [2.75, 3.05) is 6.61 Å². The molecule has 0 heterocycles. The first kappa shape index (κ1) is 17.2. The van der Waals surface area contributed by atoms with Gasteiger partial charge in [-0.3, -0.25) is 4.79 Å². The molecule has 1 aromatic rings. The second kappa shape index (κ2) is 7.26. The van der Waals surface area contributed by atoms with E-state index in [1.165, 1.54) is 0 Å². The highest BCUT2D eigenvalue weighted by molar-refractivity contribution is 9.10. The van der Waals surface area contributed by atoms with Crippen molar-refractivity contribution in [2.45, 2.75) is 47.5 Å². The Morgan fingerprint density at radius 1 is 1.35 bits per heavy atom. The van der Waals surface area contributed by atoms with E-state index in [1.54, 1.807) is 0 Å². The van der Waals surface area contributed by atoms with E-state index in [0.717, 1.165) is 22.2 Å². The van der Waals surface area contributed by atoms with Crippen molar-refractivity contribution in [3.8, 4) is 5.75 Å². The Morgan fingerprint density at radius 3 is 2.50 bits per heavy atom. The van der Waals surface area contributed by atoms with Gasteiger partial charge >= 0.3 is 0 Å². The lowest BCUT2D eigenvalue weighted by Gasteiger charge is -2.26. The Hall–Kier alpha value is -0.830. The van der Waals surface area contributed by atoms with Crippen LogP contribution in [0.2, 0.25) is 0 Å². The summed E-state index contributed by atoms with van der Waals surface area (Å²) in [5.41, 5.74) is 0.897. The minimum Gasteiger partial charge on any atom is -0.492 e. The van der Waals surface area contributed by atoms with E-state index in [2.05, 4.69) is 50.5 Å². The molecule has 0 fully saturated rings.